The van der Waals surface area contributed by atoms with E-state index in [0.29, 0.717) is 31.1 Å². The number of amides is 2. The predicted octanol–water partition coefficient (Wildman–Crippen LogP) is 4.65. The van der Waals surface area contributed by atoms with Gasteiger partial charge in [-0.25, -0.2) is 4.72 Å². The van der Waals surface area contributed by atoms with Crippen molar-refractivity contribution in [2.45, 2.75) is 56.7 Å². The Hall–Kier alpha value is -4.76. The molecule has 1 N–H and O–H groups in total. The summed E-state index contributed by atoms with van der Waals surface area (Å²) in [5.41, 5.74) is 7.56. The summed E-state index contributed by atoms with van der Waals surface area (Å²) in [4.78, 5) is 32.4. The van der Waals surface area contributed by atoms with Crippen LogP contribution in [-0.4, -0.2) is 114 Å². The number of hydrogen-bond donors (Lipinski definition) is 1. The van der Waals surface area contributed by atoms with Gasteiger partial charge in [0.2, 0.25) is 0 Å². The lowest BCUT2D eigenvalue weighted by Crippen LogP contribution is -2.54. The van der Waals surface area contributed by atoms with E-state index in [1.54, 1.807) is 24.1 Å². The number of likely N-dealkylation sites (N-methyl/N-ethyl adjacent to an activating group) is 1. The van der Waals surface area contributed by atoms with Gasteiger partial charge in [0.15, 0.2) is 0 Å². The van der Waals surface area contributed by atoms with Crippen LogP contribution >= 0.6 is 0 Å². The van der Waals surface area contributed by atoms with Gasteiger partial charge in [-0.05, 0) is 78.9 Å². The fourth-order valence-electron chi connectivity index (χ4n) is 9.34. The number of ether oxygens (including phenoxy) is 2. The fourth-order valence-corrected chi connectivity index (χ4v) is 10.5. The molecule has 4 aliphatic heterocycles. The highest BCUT2D eigenvalue weighted by molar-refractivity contribution is 7.87. The Morgan fingerprint density at radius 3 is 2.42 bits per heavy atom. The molecule has 2 amide bonds. The molecule has 14 heteroatoms. The first-order valence-electron chi connectivity index (χ1n) is 19.3. The van der Waals surface area contributed by atoms with Crippen molar-refractivity contribution in [1.29, 1.82) is 0 Å². The van der Waals surface area contributed by atoms with Crippen LogP contribution in [0, 0.1) is 0 Å². The first-order valence-corrected chi connectivity index (χ1v) is 20.7. The number of hydrogen-bond acceptors (Lipinski definition) is 8. The molecule has 55 heavy (non-hydrogen) atoms. The monoisotopic (exact) mass is 765 g/mol. The van der Waals surface area contributed by atoms with Crippen LogP contribution in [0.3, 0.4) is 0 Å². The summed E-state index contributed by atoms with van der Waals surface area (Å²) in [5, 5.41) is 5.69. The first kappa shape index (κ1) is 35.9. The van der Waals surface area contributed by atoms with Crippen molar-refractivity contribution in [3.05, 3.63) is 82.7 Å². The number of carbonyl (C=O) groups is 2. The Kier molecular flexibility index (Phi) is 9.19. The number of fused-ring (bicyclic) bond motifs is 7. The van der Waals surface area contributed by atoms with E-state index < -0.39 is 16.1 Å². The highest BCUT2D eigenvalue weighted by Gasteiger charge is 2.38. The summed E-state index contributed by atoms with van der Waals surface area (Å²) < 4.78 is 45.2. The van der Waals surface area contributed by atoms with Gasteiger partial charge in [0.1, 0.15) is 5.75 Å². The van der Waals surface area contributed by atoms with Crippen LogP contribution in [0.2, 0.25) is 0 Å². The molecule has 2 atom stereocenters. The average Bonchev–Trinajstić information content (AvgIpc) is 3.74. The van der Waals surface area contributed by atoms with Crippen molar-refractivity contribution in [3.8, 4) is 17.0 Å². The van der Waals surface area contributed by atoms with E-state index in [9.17, 15) is 18.0 Å². The standard InChI is InChI=1S/C41H47N7O6S/c1-44-30-10-11-31(44)25-46(24-30)41(50)35-22-42-45(2)38(35)29-19-28-20-32(53-3)12-14-33(28)39-37(26-7-5-4-6-8-26)34-13-9-27(21-36(34)48(39)23-29)40(49)43-55(51,52)47-15-17-54-18-16-47/h9-14,19-22,26,30-31H,4-8,15-18,23-25H2,1-3H3,(H,43,49)/t30-,31+. The van der Waals surface area contributed by atoms with Crippen molar-refractivity contribution < 1.29 is 27.5 Å². The second-order valence-corrected chi connectivity index (χ2v) is 17.1. The molecule has 0 unspecified atom stereocenters. The number of allylic oxidation sites excluding steroid dienone is 1. The molecule has 288 valence electrons. The van der Waals surface area contributed by atoms with Crippen molar-refractivity contribution in [1.82, 2.24) is 33.2 Å². The molecule has 1 aliphatic carbocycles. The van der Waals surface area contributed by atoms with Crippen molar-refractivity contribution in [2.75, 3.05) is 53.6 Å². The number of rotatable bonds is 7. The van der Waals surface area contributed by atoms with Crippen molar-refractivity contribution in [3.63, 3.8) is 0 Å². The summed E-state index contributed by atoms with van der Waals surface area (Å²) in [6.45, 7) is 2.54. The Morgan fingerprint density at radius 2 is 1.69 bits per heavy atom. The molecule has 2 aromatic carbocycles. The summed E-state index contributed by atoms with van der Waals surface area (Å²) in [7, 11) is 1.58. The van der Waals surface area contributed by atoms with E-state index in [1.165, 1.54) is 16.3 Å². The molecule has 0 spiro atoms. The second-order valence-electron chi connectivity index (χ2n) is 15.4. The molecule has 2 aromatic heterocycles. The van der Waals surface area contributed by atoms with Gasteiger partial charge in [0.25, 0.3) is 11.8 Å². The lowest BCUT2D eigenvalue weighted by atomic mass is 9.81. The molecule has 2 saturated heterocycles. The molecular weight excluding hydrogens is 719 g/mol. The van der Waals surface area contributed by atoms with Gasteiger partial charge in [-0.15, -0.1) is 0 Å². The smallest absolute Gasteiger partial charge is 0.304 e. The zero-order chi connectivity index (χ0) is 38.0. The molecule has 4 aromatic rings. The molecule has 1 saturated carbocycles. The van der Waals surface area contributed by atoms with E-state index in [1.807, 2.05) is 36.2 Å². The lowest BCUT2D eigenvalue weighted by Gasteiger charge is -2.39. The second kappa shape index (κ2) is 14.1. The number of nitrogens with one attached hydrogen (secondary N) is 1. The summed E-state index contributed by atoms with van der Waals surface area (Å²) >= 11 is 0. The number of piperazine rings is 1. The molecule has 6 heterocycles. The van der Waals surface area contributed by atoms with Crippen LogP contribution in [0.5, 0.6) is 5.75 Å². The number of benzene rings is 2. The molecule has 2 bridgehead atoms. The third kappa shape index (κ3) is 6.28. The predicted molar refractivity (Wildman–Crippen MR) is 210 cm³/mol. The average molecular weight is 766 g/mol. The maximum atomic E-state index is 14.4. The van der Waals surface area contributed by atoms with E-state index in [4.69, 9.17) is 9.47 Å². The highest BCUT2D eigenvalue weighted by Crippen LogP contribution is 2.48. The molecule has 5 aliphatic rings. The Morgan fingerprint density at radius 1 is 0.945 bits per heavy atom. The van der Waals surface area contributed by atoms with Crippen LogP contribution < -0.4 is 9.46 Å². The number of carbonyl (C=O) groups excluding carboxylic acids is 2. The third-order valence-corrected chi connectivity index (χ3v) is 13.7. The molecule has 13 nitrogen and oxygen atoms in total. The number of nitrogens with zero attached hydrogens (tertiary/aromatic N) is 6. The van der Waals surface area contributed by atoms with Crippen LogP contribution in [0.15, 0.2) is 54.7 Å². The molecular formula is C41H47N7O6S. The van der Waals surface area contributed by atoms with Gasteiger partial charge < -0.3 is 18.9 Å². The quantitative estimate of drug-likeness (QED) is 0.269. The Bertz CT molecular complexity index is 2350. The maximum absolute atomic E-state index is 14.4. The van der Waals surface area contributed by atoms with E-state index in [-0.39, 0.29) is 49.9 Å². The normalized spacial score (nSPS) is 21.9. The van der Waals surface area contributed by atoms with Gasteiger partial charge in [-0.1, -0.05) is 37.5 Å². The van der Waals surface area contributed by atoms with E-state index >= 15 is 0 Å². The number of aromatic nitrogens is 3. The van der Waals surface area contributed by atoms with Gasteiger partial charge >= 0.3 is 10.2 Å². The Labute approximate surface area is 321 Å². The van der Waals surface area contributed by atoms with Crippen molar-refractivity contribution in [2.24, 2.45) is 7.05 Å². The topological polar surface area (TPSA) is 131 Å². The molecule has 0 radical (unpaired) electrons. The number of morpholine rings is 1. The zero-order valence-electron chi connectivity index (χ0n) is 31.5. The third-order valence-electron chi connectivity index (χ3n) is 12.3. The summed E-state index contributed by atoms with van der Waals surface area (Å²) in [6.07, 6.45) is 13.8. The van der Waals surface area contributed by atoms with Gasteiger partial charge in [0.05, 0.1) is 50.0 Å². The minimum atomic E-state index is -4.06. The zero-order valence-corrected chi connectivity index (χ0v) is 32.3. The number of aryl methyl sites for hydroxylation is 1. The van der Waals surface area contributed by atoms with E-state index in [2.05, 4.69) is 50.6 Å². The van der Waals surface area contributed by atoms with Crippen LogP contribution in [-0.2, 0) is 28.5 Å². The van der Waals surface area contributed by atoms with Crippen LogP contribution in [0.1, 0.15) is 75.6 Å². The Balaban J connectivity index is 1.18. The van der Waals surface area contributed by atoms with Crippen LogP contribution in [0.25, 0.3) is 33.8 Å². The molecule has 3 fully saturated rings. The van der Waals surface area contributed by atoms with Crippen LogP contribution in [0.4, 0.5) is 0 Å². The van der Waals surface area contributed by atoms with E-state index in [0.717, 1.165) is 70.4 Å². The fraction of sp³-hybridized carbons (Fsp3) is 0.439. The van der Waals surface area contributed by atoms with Crippen molar-refractivity contribution >= 4 is 44.6 Å². The highest BCUT2D eigenvalue weighted by atomic mass is 32.2. The maximum Gasteiger partial charge on any atom is 0.304 e. The van der Waals surface area contributed by atoms with Gasteiger partial charge in [-0.2, -0.15) is 17.8 Å². The summed E-state index contributed by atoms with van der Waals surface area (Å²) in [6, 6.07) is 12.0. The largest absolute Gasteiger partial charge is 0.497 e. The SMILES string of the molecule is COc1ccc2c(c1)C=C(c1c(C(=O)N3C[C@H]4C=C[C@@H](C3)N4C)cnn1C)Cn1c-2c(C2CCCCC2)c2ccc(C(=O)NS(=O)(=O)N3CCOCC3)cc21. The van der Waals surface area contributed by atoms with Gasteiger partial charge in [-0.3, -0.25) is 19.2 Å². The molecule has 9 rings (SSSR count). The minimum Gasteiger partial charge on any atom is -0.497 e. The summed E-state index contributed by atoms with van der Waals surface area (Å²) in [5.74, 6) is 0.292. The minimum absolute atomic E-state index is 0.0492. The lowest BCUT2D eigenvalue weighted by molar-refractivity contribution is 0.0557. The first-order chi connectivity index (χ1) is 26.6. The van der Waals surface area contributed by atoms with Gasteiger partial charge in [0, 0.05) is 67.3 Å². The number of methoxy groups -OCH3 is 1.